The lowest BCUT2D eigenvalue weighted by molar-refractivity contribution is 0.789. The molecule has 0 unspecified atom stereocenters. The highest BCUT2D eigenvalue weighted by atomic mass is 79.9. The number of alkyl halides is 1. The Labute approximate surface area is 119 Å². The molecule has 0 heterocycles. The van der Waals surface area contributed by atoms with Gasteiger partial charge in [0, 0.05) is 28.1 Å². The zero-order valence-electron chi connectivity index (χ0n) is 9.50. The second kappa shape index (κ2) is 5.88. The van der Waals surface area contributed by atoms with Gasteiger partial charge in [-0.3, -0.25) is 0 Å². The number of hydrogen-bond donors (Lipinski definition) is 0. The summed E-state index contributed by atoms with van der Waals surface area (Å²) in [5.74, 6) is 0. The van der Waals surface area contributed by atoms with Gasteiger partial charge in [-0.1, -0.05) is 31.9 Å². The van der Waals surface area contributed by atoms with Crippen LogP contribution >= 0.6 is 31.9 Å². The SMILES string of the molecule is N#CCCN(c1ccc(Br)cc1CBr)C1CC1. The van der Waals surface area contributed by atoms with Crippen LogP contribution in [0.15, 0.2) is 22.7 Å². The van der Waals surface area contributed by atoms with Gasteiger partial charge in [0.05, 0.1) is 12.5 Å². The Morgan fingerprint density at radius 2 is 2.18 bits per heavy atom. The Morgan fingerprint density at radius 3 is 2.76 bits per heavy atom. The summed E-state index contributed by atoms with van der Waals surface area (Å²) in [4.78, 5) is 2.38. The molecule has 2 nitrogen and oxygen atoms in total. The van der Waals surface area contributed by atoms with Gasteiger partial charge in [-0.2, -0.15) is 5.26 Å². The molecule has 0 aliphatic heterocycles. The summed E-state index contributed by atoms with van der Waals surface area (Å²) in [7, 11) is 0. The largest absolute Gasteiger partial charge is 0.367 e. The molecule has 1 saturated carbocycles. The Balaban J connectivity index is 2.25. The molecule has 4 heteroatoms. The topological polar surface area (TPSA) is 27.0 Å². The normalized spacial score (nSPS) is 14.4. The molecule has 1 aliphatic carbocycles. The van der Waals surface area contributed by atoms with Gasteiger partial charge in [0.2, 0.25) is 0 Å². The summed E-state index contributed by atoms with van der Waals surface area (Å²) in [5.41, 5.74) is 2.55. The standard InChI is InChI=1S/C13H14Br2N2/c14-9-10-8-11(15)2-5-13(10)17(7-1-6-16)12-3-4-12/h2,5,8,12H,1,3-4,7,9H2. The molecule has 0 saturated heterocycles. The van der Waals surface area contributed by atoms with E-state index in [2.05, 4.69) is 61.0 Å². The molecule has 1 aliphatic rings. The van der Waals surface area contributed by atoms with Gasteiger partial charge in [-0.15, -0.1) is 0 Å². The Bertz CT molecular complexity index is 436. The van der Waals surface area contributed by atoms with Crippen LogP contribution in [0.3, 0.4) is 0 Å². The lowest BCUT2D eigenvalue weighted by Gasteiger charge is -2.26. The zero-order valence-corrected chi connectivity index (χ0v) is 12.7. The average molecular weight is 358 g/mol. The van der Waals surface area contributed by atoms with Crippen molar-refractivity contribution in [2.45, 2.75) is 30.6 Å². The van der Waals surface area contributed by atoms with E-state index in [1.807, 2.05) is 0 Å². The predicted molar refractivity (Wildman–Crippen MR) is 77.4 cm³/mol. The first-order valence-electron chi connectivity index (χ1n) is 5.74. The van der Waals surface area contributed by atoms with Gasteiger partial charge in [0.25, 0.3) is 0 Å². The molecule has 0 aromatic heterocycles. The second-order valence-electron chi connectivity index (χ2n) is 4.24. The first-order chi connectivity index (χ1) is 8.26. The van der Waals surface area contributed by atoms with Crippen LogP contribution in [0.1, 0.15) is 24.8 Å². The molecule has 0 bridgehead atoms. The molecule has 1 aromatic rings. The van der Waals surface area contributed by atoms with Crippen molar-refractivity contribution < 1.29 is 0 Å². The fourth-order valence-corrected chi connectivity index (χ4v) is 2.86. The van der Waals surface area contributed by atoms with E-state index in [0.717, 1.165) is 16.3 Å². The van der Waals surface area contributed by atoms with E-state index >= 15 is 0 Å². The Kier molecular flexibility index (Phi) is 4.47. The fraction of sp³-hybridized carbons (Fsp3) is 0.462. The molecule has 0 radical (unpaired) electrons. The van der Waals surface area contributed by atoms with Crippen LogP contribution in [-0.2, 0) is 5.33 Å². The van der Waals surface area contributed by atoms with E-state index in [4.69, 9.17) is 5.26 Å². The Morgan fingerprint density at radius 1 is 1.41 bits per heavy atom. The maximum absolute atomic E-state index is 8.74. The van der Waals surface area contributed by atoms with Crippen molar-refractivity contribution in [3.63, 3.8) is 0 Å². The van der Waals surface area contributed by atoms with Crippen LogP contribution in [-0.4, -0.2) is 12.6 Å². The van der Waals surface area contributed by atoms with Crippen LogP contribution in [0.25, 0.3) is 0 Å². The summed E-state index contributed by atoms with van der Waals surface area (Å²) in [6, 6.07) is 9.24. The van der Waals surface area contributed by atoms with Crippen LogP contribution in [0.5, 0.6) is 0 Å². The van der Waals surface area contributed by atoms with E-state index in [9.17, 15) is 0 Å². The maximum Gasteiger partial charge on any atom is 0.0640 e. The first-order valence-corrected chi connectivity index (χ1v) is 7.65. The van der Waals surface area contributed by atoms with E-state index in [0.29, 0.717) is 12.5 Å². The number of anilines is 1. The number of hydrogen-bond acceptors (Lipinski definition) is 2. The highest BCUT2D eigenvalue weighted by Crippen LogP contribution is 2.35. The molecule has 0 N–H and O–H groups in total. The quantitative estimate of drug-likeness (QED) is 0.737. The summed E-state index contributed by atoms with van der Waals surface area (Å²) >= 11 is 7.04. The van der Waals surface area contributed by atoms with Crippen LogP contribution in [0.4, 0.5) is 5.69 Å². The summed E-state index contributed by atoms with van der Waals surface area (Å²) in [6.07, 6.45) is 3.10. The zero-order chi connectivity index (χ0) is 12.3. The van der Waals surface area contributed by atoms with Gasteiger partial charge < -0.3 is 4.90 Å². The number of nitriles is 1. The van der Waals surface area contributed by atoms with Crippen LogP contribution < -0.4 is 4.90 Å². The molecule has 17 heavy (non-hydrogen) atoms. The highest BCUT2D eigenvalue weighted by Gasteiger charge is 2.29. The number of benzene rings is 1. The van der Waals surface area contributed by atoms with Crippen molar-refractivity contribution in [3.05, 3.63) is 28.2 Å². The molecule has 1 fully saturated rings. The summed E-state index contributed by atoms with van der Waals surface area (Å²) < 4.78 is 1.10. The Hall–Kier alpha value is -0.530. The van der Waals surface area contributed by atoms with Crippen molar-refractivity contribution >= 4 is 37.5 Å². The van der Waals surface area contributed by atoms with Crippen LogP contribution in [0, 0.1) is 11.3 Å². The second-order valence-corrected chi connectivity index (χ2v) is 5.72. The minimum atomic E-state index is 0.592. The summed E-state index contributed by atoms with van der Waals surface area (Å²) in [6.45, 7) is 0.836. The average Bonchev–Trinajstić information content (AvgIpc) is 3.15. The van der Waals surface area contributed by atoms with Gasteiger partial charge in [-0.25, -0.2) is 0 Å². The monoisotopic (exact) mass is 356 g/mol. The molecule has 90 valence electrons. The maximum atomic E-state index is 8.74. The number of halogens is 2. The number of nitrogens with zero attached hydrogens (tertiary/aromatic N) is 2. The first kappa shape index (κ1) is 12.9. The molecular formula is C13H14Br2N2. The van der Waals surface area contributed by atoms with Gasteiger partial charge >= 0.3 is 0 Å². The third-order valence-electron chi connectivity index (χ3n) is 2.95. The highest BCUT2D eigenvalue weighted by molar-refractivity contribution is 9.10. The third-order valence-corrected chi connectivity index (χ3v) is 4.04. The predicted octanol–water partition coefficient (Wildman–Crippen LogP) is 4.23. The minimum absolute atomic E-state index is 0.592. The summed E-state index contributed by atoms with van der Waals surface area (Å²) in [5, 5.41) is 9.59. The van der Waals surface area contributed by atoms with Crippen LogP contribution in [0.2, 0.25) is 0 Å². The van der Waals surface area contributed by atoms with Crippen molar-refractivity contribution in [2.24, 2.45) is 0 Å². The molecule has 0 atom stereocenters. The lowest BCUT2D eigenvalue weighted by atomic mass is 10.1. The smallest absolute Gasteiger partial charge is 0.0640 e. The van der Waals surface area contributed by atoms with E-state index in [1.165, 1.54) is 24.1 Å². The fourth-order valence-electron chi connectivity index (χ4n) is 2.00. The van der Waals surface area contributed by atoms with Crippen molar-refractivity contribution in [2.75, 3.05) is 11.4 Å². The number of rotatable bonds is 5. The van der Waals surface area contributed by atoms with Gasteiger partial charge in [0.15, 0.2) is 0 Å². The molecular weight excluding hydrogens is 344 g/mol. The van der Waals surface area contributed by atoms with E-state index in [1.54, 1.807) is 0 Å². The van der Waals surface area contributed by atoms with E-state index in [-0.39, 0.29) is 0 Å². The van der Waals surface area contributed by atoms with Crippen molar-refractivity contribution in [3.8, 4) is 6.07 Å². The van der Waals surface area contributed by atoms with Crippen molar-refractivity contribution in [1.82, 2.24) is 0 Å². The van der Waals surface area contributed by atoms with Crippen molar-refractivity contribution in [1.29, 1.82) is 5.26 Å². The molecule has 1 aromatic carbocycles. The van der Waals surface area contributed by atoms with E-state index < -0.39 is 0 Å². The molecule has 0 amide bonds. The minimum Gasteiger partial charge on any atom is -0.367 e. The third kappa shape index (κ3) is 3.23. The molecule has 2 rings (SSSR count). The lowest BCUT2D eigenvalue weighted by Crippen LogP contribution is -2.27. The molecule has 0 spiro atoms. The van der Waals surface area contributed by atoms with Gasteiger partial charge in [0.1, 0.15) is 0 Å². The van der Waals surface area contributed by atoms with Gasteiger partial charge in [-0.05, 0) is 36.6 Å².